The average molecular weight is 482 g/mol. The minimum absolute atomic E-state index is 0.115. The van der Waals surface area contributed by atoms with Gasteiger partial charge in [-0.15, -0.1) is 0 Å². The van der Waals surface area contributed by atoms with Gasteiger partial charge in [-0.05, 0) is 56.5 Å². The largest absolute Gasteiger partial charge is 0.492 e. The molecule has 0 aromatic heterocycles. The van der Waals surface area contributed by atoms with Crippen molar-refractivity contribution in [2.24, 2.45) is 5.73 Å². The first kappa shape index (κ1) is 29.3. The minimum atomic E-state index is -0.833. The first-order chi connectivity index (χ1) is 16.0. The second-order valence-electron chi connectivity index (χ2n) is 8.59. The number of nitrogens with two attached hydrogens (primary N) is 1. The summed E-state index contributed by atoms with van der Waals surface area (Å²) < 4.78 is 5.53. The number of rotatable bonds is 7. The van der Waals surface area contributed by atoms with Crippen molar-refractivity contribution in [3.8, 4) is 5.75 Å². The van der Waals surface area contributed by atoms with Crippen molar-refractivity contribution in [3.05, 3.63) is 29.8 Å². The number of carbonyl (C=O) groups is 3. The molecule has 2 saturated heterocycles. The zero-order valence-electron chi connectivity index (χ0n) is 20.2. The molecule has 1 aromatic rings. The van der Waals surface area contributed by atoms with Gasteiger partial charge in [0.05, 0.1) is 12.0 Å². The number of aliphatic carboxylic acids is 2. The van der Waals surface area contributed by atoms with E-state index in [0.717, 1.165) is 44.8 Å². The predicted molar refractivity (Wildman–Crippen MR) is 128 cm³/mol. The molecule has 10 heteroatoms. The highest BCUT2D eigenvalue weighted by molar-refractivity contribution is 5.79. The van der Waals surface area contributed by atoms with Crippen molar-refractivity contribution in [1.29, 1.82) is 0 Å². The van der Waals surface area contributed by atoms with E-state index in [9.17, 15) is 9.90 Å². The number of piperidine rings is 1. The van der Waals surface area contributed by atoms with Crippen LogP contribution in [0.3, 0.4) is 0 Å². The molecular weight excluding hydrogens is 442 g/mol. The molecule has 2 aliphatic rings. The Hall–Kier alpha value is -2.69. The summed E-state index contributed by atoms with van der Waals surface area (Å²) in [5.74, 6) is -0.802. The molecule has 0 spiro atoms. The number of β-amino-alcohol motifs (C(OH)–C–C–N with tert-alkyl or cyclic N) is 1. The third-order valence-corrected chi connectivity index (χ3v) is 5.40. The molecule has 2 aliphatic heterocycles. The van der Waals surface area contributed by atoms with Gasteiger partial charge in [0.15, 0.2) is 0 Å². The Kier molecular flexibility index (Phi) is 13.2. The summed E-state index contributed by atoms with van der Waals surface area (Å²) in [6, 6.07) is 7.63. The van der Waals surface area contributed by atoms with E-state index in [1.54, 1.807) is 0 Å². The van der Waals surface area contributed by atoms with Crippen molar-refractivity contribution in [3.63, 3.8) is 0 Å². The number of hydrogen-bond acceptors (Lipinski definition) is 7. The smallest absolute Gasteiger partial charge is 0.300 e. The fraction of sp³-hybridized carbons (Fsp3) is 0.625. The zero-order chi connectivity index (χ0) is 25.6. The van der Waals surface area contributed by atoms with Crippen molar-refractivity contribution in [2.75, 3.05) is 45.9 Å². The number of hydrogen-bond donors (Lipinski definition) is 4. The normalized spacial score (nSPS) is 17.0. The number of carbonyl (C=O) groups excluding carboxylic acids is 1. The summed E-state index contributed by atoms with van der Waals surface area (Å²) in [7, 11) is 0. The van der Waals surface area contributed by atoms with E-state index < -0.39 is 17.5 Å². The number of carboxylic acid groups (broad SMARTS) is 2. The predicted octanol–water partition coefficient (Wildman–Crippen LogP) is 1.20. The Morgan fingerprint density at radius 1 is 1.03 bits per heavy atom. The van der Waals surface area contributed by atoms with Gasteiger partial charge in [0.2, 0.25) is 5.91 Å². The van der Waals surface area contributed by atoms with Crippen LogP contribution in [-0.4, -0.2) is 94.4 Å². The second kappa shape index (κ2) is 15.3. The summed E-state index contributed by atoms with van der Waals surface area (Å²) >= 11 is 0. The highest BCUT2D eigenvalue weighted by Crippen LogP contribution is 2.25. The Morgan fingerprint density at radius 2 is 1.59 bits per heavy atom. The molecule has 0 atom stereocenters. The Morgan fingerprint density at radius 3 is 2.12 bits per heavy atom. The van der Waals surface area contributed by atoms with E-state index in [1.165, 1.54) is 12.8 Å². The maximum absolute atomic E-state index is 12.6. The Balaban J connectivity index is 0.000000629. The molecule has 3 rings (SSSR count). The van der Waals surface area contributed by atoms with E-state index >= 15 is 0 Å². The number of carboxylic acids is 2. The van der Waals surface area contributed by atoms with Crippen LogP contribution in [0.15, 0.2) is 24.3 Å². The van der Waals surface area contributed by atoms with Gasteiger partial charge in [-0.3, -0.25) is 14.4 Å². The third kappa shape index (κ3) is 12.5. The maximum Gasteiger partial charge on any atom is 0.300 e. The lowest BCUT2D eigenvalue weighted by molar-refractivity contribution is -0.136. The monoisotopic (exact) mass is 481 g/mol. The molecule has 2 heterocycles. The van der Waals surface area contributed by atoms with Crippen molar-refractivity contribution < 1.29 is 34.4 Å². The van der Waals surface area contributed by atoms with Crippen LogP contribution in [0.5, 0.6) is 5.75 Å². The quantitative estimate of drug-likeness (QED) is 0.450. The van der Waals surface area contributed by atoms with Crippen LogP contribution in [0.4, 0.5) is 0 Å². The van der Waals surface area contributed by atoms with Crippen LogP contribution in [0.1, 0.15) is 45.1 Å². The van der Waals surface area contributed by atoms with Crippen molar-refractivity contribution in [2.45, 2.75) is 51.6 Å². The summed E-state index contributed by atoms with van der Waals surface area (Å²) in [6.45, 7) is 7.30. The van der Waals surface area contributed by atoms with Gasteiger partial charge in [0.1, 0.15) is 12.4 Å². The van der Waals surface area contributed by atoms with Crippen LogP contribution in [0.25, 0.3) is 0 Å². The molecule has 0 unspecified atom stereocenters. The fourth-order valence-electron chi connectivity index (χ4n) is 3.90. The molecule has 34 heavy (non-hydrogen) atoms. The molecule has 0 radical (unpaired) electrons. The minimum Gasteiger partial charge on any atom is -0.492 e. The van der Waals surface area contributed by atoms with Crippen LogP contribution < -0.4 is 10.5 Å². The third-order valence-electron chi connectivity index (χ3n) is 5.40. The standard InChI is InChI=1S/C20H31N3O3.2C2H4O2/c21-8-13-26-18-5-3-4-17(14-18)15-19(24)23-11-6-20(25,7-12-23)16-22-9-1-2-10-22;2*1-2(3)4/h3-5,14,25H,1-2,6-13,15-16,21H2;2*1H3,(H,3,4). The zero-order valence-corrected chi connectivity index (χ0v) is 20.2. The molecule has 10 nitrogen and oxygen atoms in total. The summed E-state index contributed by atoms with van der Waals surface area (Å²) in [4.78, 5) is 34.9. The molecule has 1 aromatic carbocycles. The van der Waals surface area contributed by atoms with Gasteiger partial charge < -0.3 is 35.6 Å². The van der Waals surface area contributed by atoms with Gasteiger partial charge >= 0.3 is 0 Å². The molecule has 0 aliphatic carbocycles. The molecular formula is C24H39N3O7. The van der Waals surface area contributed by atoms with Crippen molar-refractivity contribution in [1.82, 2.24) is 9.80 Å². The first-order valence-corrected chi connectivity index (χ1v) is 11.6. The Bertz CT molecular complexity index is 754. The lowest BCUT2D eigenvalue weighted by Crippen LogP contribution is -2.52. The topological polar surface area (TPSA) is 154 Å². The highest BCUT2D eigenvalue weighted by atomic mass is 16.5. The molecule has 0 bridgehead atoms. The number of ether oxygens (including phenoxy) is 1. The van der Waals surface area contributed by atoms with Crippen LogP contribution in [0.2, 0.25) is 0 Å². The average Bonchev–Trinajstić information content (AvgIpc) is 3.24. The highest BCUT2D eigenvalue weighted by Gasteiger charge is 2.35. The summed E-state index contributed by atoms with van der Waals surface area (Å²) in [6.07, 6.45) is 4.15. The van der Waals surface area contributed by atoms with Gasteiger partial charge in [0, 0.05) is 40.0 Å². The number of benzene rings is 1. The van der Waals surface area contributed by atoms with E-state index in [-0.39, 0.29) is 5.91 Å². The first-order valence-electron chi connectivity index (χ1n) is 11.6. The molecule has 1 amide bonds. The van der Waals surface area contributed by atoms with Crippen LogP contribution >= 0.6 is 0 Å². The van der Waals surface area contributed by atoms with Crippen molar-refractivity contribution >= 4 is 17.8 Å². The van der Waals surface area contributed by atoms with E-state index in [2.05, 4.69) is 4.90 Å². The number of amides is 1. The lowest BCUT2D eigenvalue weighted by atomic mass is 9.90. The van der Waals surface area contributed by atoms with Crippen LogP contribution in [0, 0.1) is 0 Å². The fourth-order valence-corrected chi connectivity index (χ4v) is 3.90. The van der Waals surface area contributed by atoms with Gasteiger partial charge in [0.25, 0.3) is 11.9 Å². The van der Waals surface area contributed by atoms with E-state index in [0.29, 0.717) is 45.5 Å². The second-order valence-corrected chi connectivity index (χ2v) is 8.59. The lowest BCUT2D eigenvalue weighted by Gasteiger charge is -2.40. The molecule has 2 fully saturated rings. The van der Waals surface area contributed by atoms with Gasteiger partial charge in [-0.2, -0.15) is 0 Å². The van der Waals surface area contributed by atoms with E-state index in [1.807, 2.05) is 29.2 Å². The number of nitrogens with zero attached hydrogens (tertiary/aromatic N) is 2. The SMILES string of the molecule is CC(=O)O.CC(=O)O.NCCOc1cccc(CC(=O)N2CCC(O)(CN3CCCC3)CC2)c1. The van der Waals surface area contributed by atoms with Gasteiger partial charge in [-0.1, -0.05) is 12.1 Å². The molecule has 0 saturated carbocycles. The molecule has 192 valence electrons. The maximum atomic E-state index is 12.6. The van der Waals surface area contributed by atoms with Crippen LogP contribution in [-0.2, 0) is 20.8 Å². The molecule has 5 N–H and O–H groups in total. The number of aliphatic hydroxyl groups is 1. The number of likely N-dealkylation sites (tertiary alicyclic amines) is 2. The Labute approximate surface area is 201 Å². The summed E-state index contributed by atoms with van der Waals surface area (Å²) in [5, 5.41) is 25.7. The summed E-state index contributed by atoms with van der Waals surface area (Å²) in [5.41, 5.74) is 5.76. The van der Waals surface area contributed by atoms with E-state index in [4.69, 9.17) is 30.3 Å². The van der Waals surface area contributed by atoms with Gasteiger partial charge in [-0.25, -0.2) is 0 Å².